The topological polar surface area (TPSA) is 0 Å². The highest BCUT2D eigenvalue weighted by Gasteiger charge is 2.12. The minimum atomic E-state index is 0.217. The quantitative estimate of drug-likeness (QED) is 0.580. The Morgan fingerprint density at radius 1 is 0.714 bits per heavy atom. The van der Waals surface area contributed by atoms with E-state index in [1.54, 1.807) is 0 Å². The van der Waals surface area contributed by atoms with E-state index >= 15 is 0 Å². The van der Waals surface area contributed by atoms with E-state index in [1.165, 1.54) is 22.3 Å². The van der Waals surface area contributed by atoms with E-state index in [9.17, 15) is 0 Å². The smallest absolute Gasteiger partial charge is 0.0132 e. The number of hydrogen-bond donors (Lipinski definition) is 0. The molecule has 110 valence electrons. The highest BCUT2D eigenvalue weighted by atomic mass is 14.2. The molecule has 0 aliphatic carbocycles. The maximum absolute atomic E-state index is 2.24. The molecule has 0 heteroatoms. The first kappa shape index (κ1) is 15.6. The van der Waals surface area contributed by atoms with Gasteiger partial charge in [-0.3, -0.25) is 0 Å². The van der Waals surface area contributed by atoms with Crippen LogP contribution in [0.4, 0.5) is 0 Å². The van der Waals surface area contributed by atoms with Crippen molar-refractivity contribution in [2.45, 2.75) is 46.0 Å². The molecule has 0 nitrogen and oxygen atoms in total. The molecule has 0 aromatic heterocycles. The van der Waals surface area contributed by atoms with Crippen LogP contribution >= 0.6 is 0 Å². The van der Waals surface area contributed by atoms with Crippen LogP contribution in [0, 0.1) is 0 Å². The molecule has 2 aromatic carbocycles. The second kappa shape index (κ2) is 6.30. The van der Waals surface area contributed by atoms with Crippen LogP contribution < -0.4 is 0 Å². The molecule has 0 unspecified atom stereocenters. The number of benzene rings is 2. The normalized spacial score (nSPS) is 12.3. The molecule has 0 aliphatic heterocycles. The molecule has 0 fully saturated rings. The third kappa shape index (κ3) is 4.32. The molecule has 0 aliphatic rings. The first-order chi connectivity index (χ1) is 9.86. The van der Waals surface area contributed by atoms with Gasteiger partial charge in [-0.2, -0.15) is 0 Å². The van der Waals surface area contributed by atoms with Crippen LogP contribution in [-0.2, 0) is 5.41 Å². The highest BCUT2D eigenvalue weighted by Crippen LogP contribution is 2.23. The summed E-state index contributed by atoms with van der Waals surface area (Å²) in [5.41, 5.74) is 5.48. The van der Waals surface area contributed by atoms with E-state index in [4.69, 9.17) is 0 Å². The molecule has 2 rings (SSSR count). The van der Waals surface area contributed by atoms with Crippen molar-refractivity contribution >= 4 is 12.2 Å². The van der Waals surface area contributed by atoms with Gasteiger partial charge in [0.25, 0.3) is 0 Å². The molecule has 0 bridgehead atoms. The van der Waals surface area contributed by atoms with Gasteiger partial charge in [0.2, 0.25) is 0 Å². The predicted octanol–water partition coefficient (Wildman–Crippen LogP) is 6.28. The van der Waals surface area contributed by atoms with E-state index in [0.717, 1.165) is 0 Å². The molecule has 0 saturated heterocycles. The van der Waals surface area contributed by atoms with Gasteiger partial charge in [-0.25, -0.2) is 0 Å². The van der Waals surface area contributed by atoms with Gasteiger partial charge >= 0.3 is 0 Å². The summed E-state index contributed by atoms with van der Waals surface area (Å²) in [6.45, 7) is 11.2. The van der Waals surface area contributed by atoms with Crippen molar-refractivity contribution in [2.24, 2.45) is 0 Å². The Balaban J connectivity index is 2.10. The van der Waals surface area contributed by atoms with E-state index < -0.39 is 0 Å². The minimum Gasteiger partial charge on any atom is -0.0587 e. The van der Waals surface area contributed by atoms with Gasteiger partial charge in [-0.1, -0.05) is 95.3 Å². The highest BCUT2D eigenvalue weighted by molar-refractivity contribution is 5.69. The summed E-state index contributed by atoms with van der Waals surface area (Å²) in [5.74, 6) is 0.591. The molecule has 0 atom stereocenters. The molecule has 2 aromatic rings. The van der Waals surface area contributed by atoms with Crippen molar-refractivity contribution in [3.63, 3.8) is 0 Å². The molecule has 0 saturated carbocycles. The zero-order valence-corrected chi connectivity index (χ0v) is 13.9. The van der Waals surface area contributed by atoms with E-state index in [0.29, 0.717) is 5.92 Å². The summed E-state index contributed by atoms with van der Waals surface area (Å²) in [6, 6.07) is 17.6. The molecule has 0 spiro atoms. The second-order valence-electron chi connectivity index (χ2n) is 7.03. The molecular formula is C21H26. The van der Waals surface area contributed by atoms with E-state index in [1.807, 2.05) is 0 Å². The van der Waals surface area contributed by atoms with Crippen LogP contribution in [-0.4, -0.2) is 0 Å². The Morgan fingerprint density at radius 3 is 1.52 bits per heavy atom. The van der Waals surface area contributed by atoms with Crippen LogP contribution in [0.15, 0.2) is 48.5 Å². The van der Waals surface area contributed by atoms with Crippen LogP contribution in [0.5, 0.6) is 0 Å². The lowest BCUT2D eigenvalue weighted by Crippen LogP contribution is -2.10. The largest absolute Gasteiger partial charge is 0.0587 e. The Hall–Kier alpha value is -1.82. The third-order valence-corrected chi connectivity index (χ3v) is 3.85. The average molecular weight is 278 g/mol. The van der Waals surface area contributed by atoms with Gasteiger partial charge in [0, 0.05) is 0 Å². The molecule has 0 amide bonds. The summed E-state index contributed by atoms with van der Waals surface area (Å²) in [6.07, 6.45) is 4.35. The molecule has 0 N–H and O–H groups in total. The summed E-state index contributed by atoms with van der Waals surface area (Å²) in [4.78, 5) is 0. The average Bonchev–Trinajstić information content (AvgIpc) is 2.45. The van der Waals surface area contributed by atoms with Gasteiger partial charge in [-0.15, -0.1) is 0 Å². The molecular weight excluding hydrogens is 252 g/mol. The van der Waals surface area contributed by atoms with E-state index in [-0.39, 0.29) is 5.41 Å². The molecule has 21 heavy (non-hydrogen) atoms. The first-order valence-corrected chi connectivity index (χ1v) is 7.75. The molecule has 0 heterocycles. The standard InChI is InChI=1S/C21H26/c1-16(2)19-12-8-17(9-13-19)6-7-18-10-14-20(15-11-18)21(3,4)5/h6-16H,1-5H3/b7-6+. The van der Waals surface area contributed by atoms with Crippen molar-refractivity contribution in [3.05, 3.63) is 70.8 Å². The fraction of sp³-hybridized carbons (Fsp3) is 0.333. The van der Waals surface area contributed by atoms with Gasteiger partial charge in [0.1, 0.15) is 0 Å². The summed E-state index contributed by atoms with van der Waals surface area (Å²) >= 11 is 0. The van der Waals surface area contributed by atoms with Crippen LogP contribution in [0.1, 0.15) is 62.8 Å². The Labute approximate surface area is 129 Å². The van der Waals surface area contributed by atoms with Crippen molar-refractivity contribution in [1.82, 2.24) is 0 Å². The third-order valence-electron chi connectivity index (χ3n) is 3.85. The van der Waals surface area contributed by atoms with Gasteiger partial charge in [-0.05, 0) is 33.6 Å². The monoisotopic (exact) mass is 278 g/mol. The van der Waals surface area contributed by atoms with Crippen molar-refractivity contribution in [1.29, 1.82) is 0 Å². The lowest BCUT2D eigenvalue weighted by molar-refractivity contribution is 0.590. The number of rotatable bonds is 3. The van der Waals surface area contributed by atoms with Gasteiger partial charge in [0.05, 0.1) is 0 Å². The van der Waals surface area contributed by atoms with Crippen molar-refractivity contribution in [3.8, 4) is 0 Å². The predicted molar refractivity (Wildman–Crippen MR) is 94.6 cm³/mol. The number of hydrogen-bond acceptors (Lipinski definition) is 0. The zero-order chi connectivity index (χ0) is 15.5. The van der Waals surface area contributed by atoms with Crippen molar-refractivity contribution in [2.75, 3.05) is 0 Å². The van der Waals surface area contributed by atoms with Crippen LogP contribution in [0.3, 0.4) is 0 Å². The van der Waals surface area contributed by atoms with Crippen LogP contribution in [0.25, 0.3) is 12.2 Å². The maximum atomic E-state index is 2.24. The Bertz CT molecular complexity index is 590. The summed E-state index contributed by atoms with van der Waals surface area (Å²) in [5, 5.41) is 0. The Kier molecular flexibility index (Phi) is 4.67. The Morgan fingerprint density at radius 2 is 1.14 bits per heavy atom. The zero-order valence-electron chi connectivity index (χ0n) is 13.9. The lowest BCUT2D eigenvalue weighted by Gasteiger charge is -2.18. The van der Waals surface area contributed by atoms with Gasteiger partial charge in [0.15, 0.2) is 0 Å². The van der Waals surface area contributed by atoms with Crippen LogP contribution in [0.2, 0.25) is 0 Å². The fourth-order valence-corrected chi connectivity index (χ4v) is 2.28. The van der Waals surface area contributed by atoms with Gasteiger partial charge < -0.3 is 0 Å². The summed E-state index contributed by atoms with van der Waals surface area (Å²) in [7, 11) is 0. The van der Waals surface area contributed by atoms with Crippen molar-refractivity contribution < 1.29 is 0 Å². The second-order valence-corrected chi connectivity index (χ2v) is 7.03. The van der Waals surface area contributed by atoms with E-state index in [2.05, 4.69) is 95.3 Å². The lowest BCUT2D eigenvalue weighted by atomic mass is 9.87. The minimum absolute atomic E-state index is 0.217. The summed E-state index contributed by atoms with van der Waals surface area (Å²) < 4.78 is 0. The first-order valence-electron chi connectivity index (χ1n) is 7.75. The maximum Gasteiger partial charge on any atom is -0.0132 e. The molecule has 0 radical (unpaired) electrons. The SMILES string of the molecule is CC(C)c1ccc(/C=C/c2ccc(C(C)(C)C)cc2)cc1. The fourth-order valence-electron chi connectivity index (χ4n) is 2.28.